The van der Waals surface area contributed by atoms with Crippen molar-refractivity contribution in [2.75, 3.05) is 21.2 Å². The molecule has 0 unspecified atom stereocenters. The predicted molar refractivity (Wildman–Crippen MR) is 219 cm³/mol. The number of ether oxygens (including phenoxy) is 6. The van der Waals surface area contributed by atoms with Gasteiger partial charge in [0.1, 0.15) is 23.9 Å². The van der Waals surface area contributed by atoms with E-state index in [4.69, 9.17) is 28.4 Å². The van der Waals surface area contributed by atoms with Gasteiger partial charge in [0, 0.05) is 74.6 Å². The predicted octanol–water partition coefficient (Wildman–Crippen LogP) is 3.82. The number of aliphatic hydroxyl groups is 5. The summed E-state index contributed by atoms with van der Waals surface area (Å²) in [5, 5.41) is 71.8. The Bertz CT molecular complexity index is 1210. The quantitative estimate of drug-likeness (QED) is 0.0929. The zero-order valence-corrected chi connectivity index (χ0v) is 38.5. The molecule has 3 fully saturated rings. The first-order chi connectivity index (χ1) is 25.0. The summed E-state index contributed by atoms with van der Waals surface area (Å²) < 4.78 is 37.2. The highest BCUT2D eigenvalue weighted by Gasteiger charge is 2.53. The average molecular weight is 1000 g/mol. The number of aliphatic hydroxyl groups excluding tert-OH is 3. The number of halogens is 2. The monoisotopic (exact) mass is 1000 g/mol. The summed E-state index contributed by atoms with van der Waals surface area (Å²) in [6, 6.07) is -0.322. The Kier molecular flexibility index (Phi) is 19.3. The molecule has 3 rings (SSSR count). The van der Waals surface area contributed by atoms with Crippen molar-refractivity contribution in [2.45, 2.75) is 179 Å². The van der Waals surface area contributed by atoms with Crippen LogP contribution in [0, 0.1) is 23.7 Å². The van der Waals surface area contributed by atoms with Crippen molar-refractivity contribution >= 4 is 48.9 Å². The van der Waals surface area contributed by atoms with Crippen LogP contribution in [0.2, 0.25) is 0 Å². The molecule has 0 aromatic carbocycles. The van der Waals surface area contributed by atoms with E-state index in [0.717, 1.165) is 0 Å². The topological polar surface area (TPSA) is 209 Å². The fourth-order valence-electron chi connectivity index (χ4n) is 8.61. The molecule has 54 heavy (non-hydrogen) atoms. The van der Waals surface area contributed by atoms with Crippen LogP contribution in [0.15, 0.2) is 5.16 Å². The fraction of sp³-hybridized carbons (Fsp3) is 0.946. The Morgan fingerprint density at radius 2 is 1.52 bits per heavy atom. The number of hydrogen-bond donors (Lipinski definition) is 6. The van der Waals surface area contributed by atoms with Crippen LogP contribution in [0.3, 0.4) is 0 Å². The summed E-state index contributed by atoms with van der Waals surface area (Å²) in [6.07, 6.45) is -9.51. The minimum absolute atomic E-state index is 0.0657. The Balaban J connectivity index is 0.00000495. The first kappa shape index (κ1) is 50.1. The molecule has 15 nitrogen and oxygen atoms in total. The molecule has 6 N–H and O–H groups in total. The van der Waals surface area contributed by atoms with E-state index in [-0.39, 0.29) is 37.1 Å². The fourth-order valence-corrected chi connectivity index (χ4v) is 8.61. The molecule has 0 saturated carbocycles. The molecule has 0 bridgehead atoms. The molecule has 3 aliphatic rings. The molecule has 3 aliphatic heterocycles. The molecule has 0 radical (unpaired) electrons. The molecule has 3 heterocycles. The number of oxime groups is 1. The number of hydrogen-bond acceptors (Lipinski definition) is 15. The second-order valence-corrected chi connectivity index (χ2v) is 16.6. The van der Waals surface area contributed by atoms with Gasteiger partial charge in [-0.1, -0.05) is 32.9 Å². The number of cyclic esters (lactones) is 1. The van der Waals surface area contributed by atoms with Crippen LogP contribution >= 0.6 is 37.2 Å². The van der Waals surface area contributed by atoms with Crippen LogP contribution < -0.4 is 0 Å². The van der Waals surface area contributed by atoms with Crippen molar-refractivity contribution in [1.29, 1.82) is 0 Å². The molecule has 3 saturated heterocycles. The number of carbonyl (C=O) groups is 1. The van der Waals surface area contributed by atoms with Crippen molar-refractivity contribution in [3.05, 3.63) is 0 Å². The van der Waals surface area contributed by atoms with Crippen LogP contribution in [0.25, 0.3) is 0 Å². The summed E-state index contributed by atoms with van der Waals surface area (Å²) in [7, 11) is 5.19. The number of nitrogens with zero attached hydrogens (tertiary/aromatic N) is 2. The van der Waals surface area contributed by atoms with Crippen molar-refractivity contribution in [2.24, 2.45) is 28.8 Å². The number of carbonyl (C=O) groups excluding carboxylic acids is 1. The van der Waals surface area contributed by atoms with E-state index < -0.39 is 102 Å². The van der Waals surface area contributed by atoms with Crippen LogP contribution in [0.1, 0.15) is 94.9 Å². The van der Waals surface area contributed by atoms with Gasteiger partial charge < -0.3 is 64.1 Å². The minimum Gasteiger partial charge on any atom is -0.459 e. The third kappa shape index (κ3) is 11.4. The molecular formula is C37H68I2N2O13. The summed E-state index contributed by atoms with van der Waals surface area (Å²) in [5.74, 6) is -4.24. The van der Waals surface area contributed by atoms with Gasteiger partial charge in [-0.05, 0) is 74.9 Å². The summed E-state index contributed by atoms with van der Waals surface area (Å²) in [5.41, 5.74) is -4.68. The summed E-state index contributed by atoms with van der Waals surface area (Å²) >= 11 is 4.24. The van der Waals surface area contributed by atoms with E-state index in [0.29, 0.717) is 6.42 Å². The van der Waals surface area contributed by atoms with Gasteiger partial charge in [-0.3, -0.25) is 4.79 Å². The second-order valence-electron chi connectivity index (χ2n) is 16.6. The van der Waals surface area contributed by atoms with Gasteiger partial charge in [-0.15, -0.1) is 0 Å². The molecule has 0 aliphatic carbocycles. The van der Waals surface area contributed by atoms with Gasteiger partial charge in [0.2, 0.25) is 0 Å². The Morgan fingerprint density at radius 3 is 2.04 bits per heavy atom. The maximum absolute atomic E-state index is 14.1. The highest BCUT2D eigenvalue weighted by molar-refractivity contribution is 15.0. The Labute approximate surface area is 345 Å². The molecular weight excluding hydrogens is 934 g/mol. The summed E-state index contributed by atoms with van der Waals surface area (Å²) in [6.45, 7) is 16.6. The van der Waals surface area contributed by atoms with E-state index in [1.54, 1.807) is 55.4 Å². The van der Waals surface area contributed by atoms with Crippen LogP contribution in [-0.4, -0.2) is 153 Å². The lowest BCUT2D eigenvalue weighted by Gasteiger charge is -2.49. The van der Waals surface area contributed by atoms with Crippen LogP contribution in [0.4, 0.5) is 0 Å². The smallest absolute Gasteiger partial charge is 0.311 e. The number of rotatable bonds is 7. The van der Waals surface area contributed by atoms with E-state index in [2.05, 4.69) is 42.4 Å². The normalized spacial score (nSPS) is 48.1. The molecule has 0 spiro atoms. The van der Waals surface area contributed by atoms with E-state index in [1.807, 2.05) is 25.9 Å². The van der Waals surface area contributed by atoms with Gasteiger partial charge in [0.05, 0.1) is 53.4 Å². The average Bonchev–Trinajstić information content (AvgIpc) is 3.10. The SMILES string of the molecule is CC[C@H]1OC(=O)[C@H](C)[C@@H](O[C@H]2C[C@@](C)(OC)[C@@H](O)[C@H](C)O2)[C@H](C)[C@@H](O[C@@H]2O[C@H](C)C[C@H](N(C)C)[C@H]2O)[C@@](C)(O)C[C@@H](C)/C(=N\O)[C@H](C)[C@@H](O)[C@]1(C)O.II. The number of esters is 1. The zero-order valence-electron chi connectivity index (χ0n) is 34.2. The highest BCUT2D eigenvalue weighted by atomic mass is 128. The van der Waals surface area contributed by atoms with Gasteiger partial charge >= 0.3 is 5.97 Å². The van der Waals surface area contributed by atoms with Crippen LogP contribution in [0.5, 0.6) is 0 Å². The molecule has 0 aromatic heterocycles. The van der Waals surface area contributed by atoms with Crippen molar-refractivity contribution in [3.8, 4) is 0 Å². The first-order valence-corrected chi connectivity index (χ1v) is 25.1. The van der Waals surface area contributed by atoms with Gasteiger partial charge in [0.15, 0.2) is 12.6 Å². The van der Waals surface area contributed by atoms with Crippen molar-refractivity contribution in [3.63, 3.8) is 0 Å². The molecule has 0 aromatic rings. The third-order valence-corrected chi connectivity index (χ3v) is 12.0. The Morgan fingerprint density at radius 1 is 0.926 bits per heavy atom. The Hall–Kier alpha value is -0.0400. The van der Waals surface area contributed by atoms with Crippen molar-refractivity contribution < 1.29 is 64.0 Å². The largest absolute Gasteiger partial charge is 0.459 e. The van der Waals surface area contributed by atoms with Gasteiger partial charge in [-0.2, -0.15) is 0 Å². The number of methoxy groups -OCH3 is 1. The third-order valence-electron chi connectivity index (χ3n) is 12.0. The molecule has 17 heteroatoms. The molecule has 318 valence electrons. The lowest BCUT2D eigenvalue weighted by atomic mass is 9.73. The van der Waals surface area contributed by atoms with Gasteiger partial charge in [0.25, 0.3) is 0 Å². The van der Waals surface area contributed by atoms with E-state index >= 15 is 0 Å². The van der Waals surface area contributed by atoms with E-state index in [1.165, 1.54) is 14.0 Å². The second kappa shape index (κ2) is 20.8. The maximum atomic E-state index is 14.1. The standard InChI is InChI=1S/C37H68N2O13.I2/c1-14-25-37(10,45)30(41)20(4)27(38-46)18(2)16-35(8,44)32(52-34-28(40)24(39(11)12)15-19(3)48-34)21(5)29(22(6)33(43)50-25)51-26-17-36(9,47-13)31(42)23(7)49-26;1-2/h18-26,28-32,34,40-42,44-46H,14-17H2,1-13H3;/b38-27+;/t18-,19-,20+,21+,22-,23+,24+,25-,26+,28-,29+,30-,31+,32-,34+,35+,36-,37-;/m1./s1. The van der Waals surface area contributed by atoms with Crippen molar-refractivity contribution in [1.82, 2.24) is 4.90 Å². The van der Waals surface area contributed by atoms with Gasteiger partial charge in [-0.25, -0.2) is 0 Å². The highest BCUT2D eigenvalue weighted by Crippen LogP contribution is 2.41. The lowest BCUT2D eigenvalue weighted by Crippen LogP contribution is -2.61. The maximum Gasteiger partial charge on any atom is 0.311 e. The number of likely N-dealkylation sites (N-methyl/N-ethyl adjacent to an activating group) is 1. The minimum atomic E-state index is -1.97. The van der Waals surface area contributed by atoms with E-state index in [9.17, 15) is 35.5 Å². The zero-order chi connectivity index (χ0) is 41.7. The first-order valence-electron chi connectivity index (χ1n) is 18.9. The van der Waals surface area contributed by atoms with Crippen LogP contribution in [-0.2, 0) is 33.2 Å². The summed E-state index contributed by atoms with van der Waals surface area (Å²) in [4.78, 5) is 16.0. The lowest BCUT2D eigenvalue weighted by molar-refractivity contribution is -0.317. The molecule has 18 atom stereocenters. The molecule has 0 amide bonds.